The molecule has 2 rings (SSSR count). The van der Waals surface area contributed by atoms with Crippen LogP contribution in [-0.2, 0) is 11.3 Å². The van der Waals surface area contributed by atoms with Gasteiger partial charge in [0, 0.05) is 12.1 Å². The van der Waals surface area contributed by atoms with Gasteiger partial charge >= 0.3 is 0 Å². The van der Waals surface area contributed by atoms with Crippen LogP contribution in [0.1, 0.15) is 22.8 Å². The number of amides is 2. The van der Waals surface area contributed by atoms with Gasteiger partial charge in [0.05, 0.1) is 6.10 Å². The minimum atomic E-state index is -1.24. The van der Waals surface area contributed by atoms with Crippen LogP contribution >= 0.6 is 0 Å². The number of hydrogen-bond acceptors (Lipinski definition) is 5. The molecule has 7 nitrogen and oxygen atoms in total. The van der Waals surface area contributed by atoms with E-state index in [-0.39, 0.29) is 0 Å². The first-order chi connectivity index (χ1) is 12.5. The van der Waals surface area contributed by atoms with Crippen molar-refractivity contribution in [3.63, 3.8) is 0 Å². The standard InChI is InChI=1S/C19H23N3O4/c1-12(23)17(19(25)22-26)21-18(24)16-9-7-15(8-10-16)14-5-3-13(4-6-14)11-20-2/h3-10,12,17,20,23,26H,11H2,1-2H3,(H,21,24)(H,22,25)/t12-,17+/m1/s1. The fourth-order valence-corrected chi connectivity index (χ4v) is 2.53. The zero-order chi connectivity index (χ0) is 19.1. The van der Waals surface area contributed by atoms with Gasteiger partial charge in [-0.05, 0) is 42.8 Å². The fourth-order valence-electron chi connectivity index (χ4n) is 2.53. The summed E-state index contributed by atoms with van der Waals surface area (Å²) in [4.78, 5) is 23.7. The van der Waals surface area contributed by atoms with Crippen LogP contribution in [0, 0.1) is 0 Å². The number of nitrogens with one attached hydrogen (secondary N) is 3. The topological polar surface area (TPSA) is 111 Å². The minimum absolute atomic E-state index is 0.344. The molecule has 0 aromatic heterocycles. The first-order valence-electron chi connectivity index (χ1n) is 8.23. The largest absolute Gasteiger partial charge is 0.391 e. The summed E-state index contributed by atoms with van der Waals surface area (Å²) in [5.74, 6) is -1.40. The van der Waals surface area contributed by atoms with Crippen molar-refractivity contribution in [1.82, 2.24) is 16.1 Å². The normalized spacial score (nSPS) is 12.9. The van der Waals surface area contributed by atoms with Crippen molar-refractivity contribution < 1.29 is 19.9 Å². The fraction of sp³-hybridized carbons (Fsp3) is 0.263. The zero-order valence-electron chi connectivity index (χ0n) is 14.7. The molecule has 2 aromatic rings. The van der Waals surface area contributed by atoms with Crippen LogP contribution in [0.5, 0.6) is 0 Å². The Labute approximate surface area is 152 Å². The molecule has 0 radical (unpaired) electrons. The van der Waals surface area contributed by atoms with E-state index in [0.717, 1.165) is 17.7 Å². The Balaban J connectivity index is 2.10. The van der Waals surface area contributed by atoms with Gasteiger partial charge in [0.15, 0.2) is 0 Å². The first kappa shape index (κ1) is 19.6. The molecule has 7 heteroatoms. The van der Waals surface area contributed by atoms with Crippen molar-refractivity contribution in [2.75, 3.05) is 7.05 Å². The van der Waals surface area contributed by atoms with Gasteiger partial charge in [0.25, 0.3) is 11.8 Å². The molecule has 2 aromatic carbocycles. The lowest BCUT2D eigenvalue weighted by atomic mass is 10.0. The molecule has 0 bridgehead atoms. The van der Waals surface area contributed by atoms with Crippen molar-refractivity contribution in [2.45, 2.75) is 25.6 Å². The van der Waals surface area contributed by atoms with Gasteiger partial charge in [0.2, 0.25) is 0 Å². The highest BCUT2D eigenvalue weighted by Crippen LogP contribution is 2.20. The molecular formula is C19H23N3O4. The van der Waals surface area contributed by atoms with Crippen molar-refractivity contribution in [1.29, 1.82) is 0 Å². The van der Waals surface area contributed by atoms with Gasteiger partial charge in [-0.25, -0.2) is 5.48 Å². The number of aliphatic hydroxyl groups excluding tert-OH is 1. The van der Waals surface area contributed by atoms with Gasteiger partial charge in [-0.3, -0.25) is 14.8 Å². The lowest BCUT2D eigenvalue weighted by molar-refractivity contribution is -0.133. The maximum atomic E-state index is 12.3. The number of aliphatic hydroxyl groups is 1. The van der Waals surface area contributed by atoms with E-state index >= 15 is 0 Å². The molecule has 2 amide bonds. The highest BCUT2D eigenvalue weighted by Gasteiger charge is 2.25. The Kier molecular flexibility index (Phi) is 6.85. The van der Waals surface area contributed by atoms with Crippen LogP contribution in [-0.4, -0.2) is 41.3 Å². The maximum Gasteiger partial charge on any atom is 0.268 e. The van der Waals surface area contributed by atoms with Gasteiger partial charge in [0.1, 0.15) is 6.04 Å². The third-order valence-corrected chi connectivity index (χ3v) is 3.98. The van der Waals surface area contributed by atoms with Crippen LogP contribution < -0.4 is 16.1 Å². The molecule has 0 fully saturated rings. The zero-order valence-corrected chi connectivity index (χ0v) is 14.7. The number of hydroxylamine groups is 1. The Morgan fingerprint density at radius 2 is 1.54 bits per heavy atom. The molecule has 138 valence electrons. The summed E-state index contributed by atoms with van der Waals surface area (Å²) in [7, 11) is 1.89. The van der Waals surface area contributed by atoms with Crippen LogP contribution in [0.2, 0.25) is 0 Å². The van der Waals surface area contributed by atoms with Crippen molar-refractivity contribution in [3.8, 4) is 11.1 Å². The Hall–Kier alpha value is -2.74. The molecule has 0 spiro atoms. The SMILES string of the molecule is CNCc1ccc(-c2ccc(C(=O)N[C@H](C(=O)NO)[C@@H](C)O)cc2)cc1. The van der Waals surface area contributed by atoms with Crippen LogP contribution in [0.3, 0.4) is 0 Å². The molecule has 0 aliphatic heterocycles. The molecule has 0 saturated heterocycles. The summed E-state index contributed by atoms with van der Waals surface area (Å²) in [6.07, 6.45) is -1.15. The van der Waals surface area contributed by atoms with E-state index in [1.807, 2.05) is 43.4 Å². The minimum Gasteiger partial charge on any atom is -0.391 e. The summed E-state index contributed by atoms with van der Waals surface area (Å²) in [6.45, 7) is 2.15. The van der Waals surface area contributed by atoms with Gasteiger partial charge in [-0.2, -0.15) is 0 Å². The van der Waals surface area contributed by atoms with Crippen LogP contribution in [0.25, 0.3) is 11.1 Å². The number of rotatable bonds is 7. The number of carbonyl (C=O) groups excluding carboxylic acids is 2. The second-order valence-corrected chi connectivity index (χ2v) is 5.97. The molecule has 0 aliphatic carbocycles. The van der Waals surface area contributed by atoms with E-state index in [1.54, 1.807) is 12.1 Å². The lowest BCUT2D eigenvalue weighted by Gasteiger charge is -2.19. The van der Waals surface area contributed by atoms with E-state index in [1.165, 1.54) is 18.0 Å². The average molecular weight is 357 g/mol. The quantitative estimate of drug-likeness (QED) is 0.376. The number of carbonyl (C=O) groups is 2. The van der Waals surface area contributed by atoms with E-state index < -0.39 is 24.0 Å². The Morgan fingerprint density at radius 3 is 2.00 bits per heavy atom. The first-order valence-corrected chi connectivity index (χ1v) is 8.23. The van der Waals surface area contributed by atoms with Crippen molar-refractivity contribution in [2.24, 2.45) is 0 Å². The molecule has 0 unspecified atom stereocenters. The molecule has 26 heavy (non-hydrogen) atoms. The van der Waals surface area contributed by atoms with Crippen molar-refractivity contribution >= 4 is 11.8 Å². The monoisotopic (exact) mass is 357 g/mol. The maximum absolute atomic E-state index is 12.3. The Morgan fingerprint density at radius 1 is 1.00 bits per heavy atom. The third kappa shape index (κ3) is 4.89. The Bertz CT molecular complexity index is 742. The van der Waals surface area contributed by atoms with E-state index in [0.29, 0.717) is 5.56 Å². The number of benzene rings is 2. The van der Waals surface area contributed by atoms with E-state index in [4.69, 9.17) is 5.21 Å². The van der Waals surface area contributed by atoms with Gasteiger partial charge in [-0.1, -0.05) is 36.4 Å². The second kappa shape index (κ2) is 9.10. The van der Waals surface area contributed by atoms with Crippen molar-refractivity contribution in [3.05, 3.63) is 59.7 Å². The summed E-state index contributed by atoms with van der Waals surface area (Å²) in [5, 5.41) is 23.7. The molecule has 0 heterocycles. The molecular weight excluding hydrogens is 334 g/mol. The van der Waals surface area contributed by atoms with Crippen LogP contribution in [0.15, 0.2) is 48.5 Å². The van der Waals surface area contributed by atoms with Gasteiger partial charge in [-0.15, -0.1) is 0 Å². The predicted molar refractivity (Wildman–Crippen MR) is 97.5 cm³/mol. The summed E-state index contributed by atoms with van der Waals surface area (Å²) in [6, 6.07) is 13.8. The predicted octanol–water partition coefficient (Wildman–Crippen LogP) is 1.06. The molecule has 5 N–H and O–H groups in total. The second-order valence-electron chi connectivity index (χ2n) is 5.97. The highest BCUT2D eigenvalue weighted by atomic mass is 16.5. The third-order valence-electron chi connectivity index (χ3n) is 3.98. The smallest absolute Gasteiger partial charge is 0.268 e. The molecule has 2 atom stereocenters. The molecule has 0 saturated carbocycles. The highest BCUT2D eigenvalue weighted by molar-refractivity contribution is 5.97. The summed E-state index contributed by atoms with van der Waals surface area (Å²) >= 11 is 0. The lowest BCUT2D eigenvalue weighted by Crippen LogP contribution is -2.51. The number of hydrogen-bond donors (Lipinski definition) is 5. The molecule has 0 aliphatic rings. The van der Waals surface area contributed by atoms with E-state index in [9.17, 15) is 14.7 Å². The van der Waals surface area contributed by atoms with Crippen LogP contribution in [0.4, 0.5) is 0 Å². The van der Waals surface area contributed by atoms with E-state index in [2.05, 4.69) is 10.6 Å². The average Bonchev–Trinajstić information content (AvgIpc) is 2.66. The summed E-state index contributed by atoms with van der Waals surface area (Å²) < 4.78 is 0. The van der Waals surface area contributed by atoms with Gasteiger partial charge < -0.3 is 15.7 Å². The summed E-state index contributed by atoms with van der Waals surface area (Å²) in [5.41, 5.74) is 4.94.